The highest BCUT2D eigenvalue weighted by atomic mass is 127. The summed E-state index contributed by atoms with van der Waals surface area (Å²) in [5.41, 5.74) is 1.25. The minimum atomic E-state index is 0. The average molecular weight is 500 g/mol. The zero-order valence-electron chi connectivity index (χ0n) is 15.0. The van der Waals surface area contributed by atoms with Gasteiger partial charge in [0.1, 0.15) is 0 Å². The Morgan fingerprint density at radius 2 is 2.04 bits per heavy atom. The zero-order valence-corrected chi connectivity index (χ0v) is 18.9. The van der Waals surface area contributed by atoms with Crippen molar-refractivity contribution in [2.45, 2.75) is 26.8 Å². The lowest BCUT2D eigenvalue weighted by atomic mass is 10.4. The lowest BCUT2D eigenvalue weighted by Gasteiger charge is -2.24. The predicted octanol–water partition coefficient (Wildman–Crippen LogP) is 3.14. The summed E-state index contributed by atoms with van der Waals surface area (Å²) in [6, 6.07) is 2.14. The van der Waals surface area contributed by atoms with Gasteiger partial charge >= 0.3 is 0 Å². The first-order chi connectivity index (χ1) is 10.5. The van der Waals surface area contributed by atoms with Crippen LogP contribution in [0.4, 0.5) is 0 Å². The van der Waals surface area contributed by atoms with E-state index in [4.69, 9.17) is 0 Å². The summed E-state index contributed by atoms with van der Waals surface area (Å²) >= 11 is 3.52. The van der Waals surface area contributed by atoms with E-state index in [1.807, 2.05) is 7.05 Å². The Morgan fingerprint density at radius 1 is 1.35 bits per heavy atom. The Hall–Kier alpha value is -0.280. The van der Waals surface area contributed by atoms with Crippen molar-refractivity contribution in [1.82, 2.24) is 19.7 Å². The molecule has 0 spiro atoms. The summed E-state index contributed by atoms with van der Waals surface area (Å²) in [6.45, 7) is 9.48. The fourth-order valence-corrected chi connectivity index (χ4v) is 3.07. The van der Waals surface area contributed by atoms with Crippen molar-refractivity contribution in [2.75, 3.05) is 40.3 Å². The van der Waals surface area contributed by atoms with E-state index >= 15 is 0 Å². The Kier molecular flexibility index (Phi) is 12.0. The molecule has 0 aliphatic heterocycles. The third kappa shape index (κ3) is 7.89. The van der Waals surface area contributed by atoms with Gasteiger partial charge in [-0.05, 0) is 41.5 Å². The number of hydrogen-bond donors (Lipinski definition) is 1. The maximum atomic E-state index is 4.38. The maximum Gasteiger partial charge on any atom is 0.193 e. The molecule has 1 aromatic rings. The second-order valence-electron chi connectivity index (χ2n) is 5.52. The van der Waals surface area contributed by atoms with Crippen molar-refractivity contribution in [3.05, 3.63) is 22.4 Å². The van der Waals surface area contributed by atoms with Gasteiger partial charge in [-0.1, -0.05) is 13.8 Å². The second kappa shape index (κ2) is 12.1. The van der Waals surface area contributed by atoms with E-state index in [0.29, 0.717) is 0 Å². The van der Waals surface area contributed by atoms with Crippen LogP contribution in [0.15, 0.2) is 21.7 Å². The highest BCUT2D eigenvalue weighted by molar-refractivity contribution is 14.0. The quantitative estimate of drug-likeness (QED) is 0.339. The van der Waals surface area contributed by atoms with Crippen LogP contribution in [0.5, 0.6) is 0 Å². The summed E-state index contributed by atoms with van der Waals surface area (Å²) in [7, 11) is 5.97. The summed E-state index contributed by atoms with van der Waals surface area (Å²) in [6.07, 6.45) is 3.27. The van der Waals surface area contributed by atoms with E-state index in [9.17, 15) is 0 Å². The van der Waals surface area contributed by atoms with Gasteiger partial charge in [-0.2, -0.15) is 0 Å². The first kappa shape index (κ1) is 22.7. The lowest BCUT2D eigenvalue weighted by molar-refractivity contribution is 0.291. The third-order valence-corrected chi connectivity index (χ3v) is 4.18. The highest BCUT2D eigenvalue weighted by Gasteiger charge is 2.10. The van der Waals surface area contributed by atoms with Crippen LogP contribution < -0.4 is 5.32 Å². The molecule has 0 aliphatic carbocycles. The molecule has 0 unspecified atom stereocenters. The van der Waals surface area contributed by atoms with Crippen LogP contribution in [0.3, 0.4) is 0 Å². The molecule has 0 radical (unpaired) electrons. The van der Waals surface area contributed by atoms with Gasteiger partial charge in [0.2, 0.25) is 0 Å². The molecule has 0 saturated carbocycles. The summed E-state index contributed by atoms with van der Waals surface area (Å²) in [4.78, 5) is 8.98. The van der Waals surface area contributed by atoms with Gasteiger partial charge < -0.3 is 19.7 Å². The summed E-state index contributed by atoms with van der Waals surface area (Å²) in [5, 5.41) is 3.45. The Balaban J connectivity index is 0.00000484. The van der Waals surface area contributed by atoms with E-state index in [1.165, 1.54) is 12.1 Å². The van der Waals surface area contributed by atoms with Crippen LogP contribution in [0, 0.1) is 0 Å². The number of aromatic nitrogens is 1. The number of rotatable bonds is 8. The van der Waals surface area contributed by atoms with Crippen molar-refractivity contribution in [3.63, 3.8) is 0 Å². The molecule has 0 bridgehead atoms. The van der Waals surface area contributed by atoms with E-state index < -0.39 is 0 Å². The molecule has 5 nitrogen and oxygen atoms in total. The zero-order chi connectivity index (χ0) is 16.5. The molecule has 1 heterocycles. The number of likely N-dealkylation sites (N-methyl/N-ethyl adjacent to an activating group) is 1. The monoisotopic (exact) mass is 499 g/mol. The summed E-state index contributed by atoms with van der Waals surface area (Å²) in [5.74, 6) is 0.935. The molecule has 23 heavy (non-hydrogen) atoms. The topological polar surface area (TPSA) is 35.8 Å². The molecule has 0 saturated heterocycles. The Labute approximate surface area is 166 Å². The van der Waals surface area contributed by atoms with E-state index in [0.717, 1.165) is 43.2 Å². The lowest BCUT2D eigenvalue weighted by Crippen LogP contribution is -2.42. The minimum Gasteiger partial charge on any atom is -0.355 e. The largest absolute Gasteiger partial charge is 0.355 e. The molecule has 0 atom stereocenters. The maximum absolute atomic E-state index is 4.38. The molecular formula is C16H31BrIN5. The van der Waals surface area contributed by atoms with Gasteiger partial charge in [0, 0.05) is 50.6 Å². The van der Waals surface area contributed by atoms with Gasteiger partial charge in [-0.25, -0.2) is 0 Å². The number of aryl methyl sites for hydroxylation is 1. The molecular weight excluding hydrogens is 469 g/mol. The van der Waals surface area contributed by atoms with Crippen LogP contribution in [0.25, 0.3) is 0 Å². The van der Waals surface area contributed by atoms with Crippen LogP contribution in [-0.4, -0.2) is 60.6 Å². The van der Waals surface area contributed by atoms with Crippen LogP contribution >= 0.6 is 39.9 Å². The normalized spacial score (nSPS) is 11.5. The van der Waals surface area contributed by atoms with Crippen molar-refractivity contribution < 1.29 is 0 Å². The molecule has 0 fully saturated rings. The molecule has 0 amide bonds. The minimum absolute atomic E-state index is 0. The van der Waals surface area contributed by atoms with Gasteiger partial charge in [-0.3, -0.25) is 4.99 Å². The van der Waals surface area contributed by atoms with Gasteiger partial charge in [0.05, 0.1) is 6.54 Å². The van der Waals surface area contributed by atoms with Crippen LogP contribution in [0.1, 0.15) is 26.0 Å². The number of nitrogens with one attached hydrogen (secondary N) is 1. The van der Waals surface area contributed by atoms with E-state index in [-0.39, 0.29) is 24.0 Å². The SMILES string of the molecule is CCCN(CC)CCNC(=NC)N(C)Cc1cc(Br)cn1C.I. The number of hydrogen-bond acceptors (Lipinski definition) is 2. The van der Waals surface area contributed by atoms with Gasteiger partial charge in [0.15, 0.2) is 5.96 Å². The fourth-order valence-electron chi connectivity index (χ4n) is 2.50. The van der Waals surface area contributed by atoms with Crippen molar-refractivity contribution in [1.29, 1.82) is 0 Å². The molecule has 0 aliphatic rings. The van der Waals surface area contributed by atoms with Crippen molar-refractivity contribution in [3.8, 4) is 0 Å². The Morgan fingerprint density at radius 3 is 2.52 bits per heavy atom. The van der Waals surface area contributed by atoms with Crippen LogP contribution in [0.2, 0.25) is 0 Å². The standard InChI is InChI=1S/C16H30BrN5.HI/c1-6-9-22(7-2)10-8-19-16(18-3)21(5)13-15-11-14(17)12-20(15)4;/h11-12H,6-10,13H2,1-5H3,(H,18,19);1H. The molecule has 1 rings (SSSR count). The highest BCUT2D eigenvalue weighted by Crippen LogP contribution is 2.14. The van der Waals surface area contributed by atoms with E-state index in [1.54, 1.807) is 0 Å². The van der Waals surface area contributed by atoms with Gasteiger partial charge in [-0.15, -0.1) is 24.0 Å². The Bertz CT molecular complexity index is 475. The summed E-state index contributed by atoms with van der Waals surface area (Å²) < 4.78 is 3.24. The average Bonchev–Trinajstić information content (AvgIpc) is 2.80. The third-order valence-electron chi connectivity index (χ3n) is 3.75. The molecule has 1 aromatic heterocycles. The molecule has 134 valence electrons. The molecule has 1 N–H and O–H groups in total. The number of nitrogens with zero attached hydrogens (tertiary/aromatic N) is 4. The number of aliphatic imine (C=N–C) groups is 1. The smallest absolute Gasteiger partial charge is 0.193 e. The second-order valence-corrected chi connectivity index (χ2v) is 6.44. The van der Waals surface area contributed by atoms with Crippen molar-refractivity contribution in [2.24, 2.45) is 12.0 Å². The fraction of sp³-hybridized carbons (Fsp3) is 0.688. The first-order valence-electron chi connectivity index (χ1n) is 7.96. The van der Waals surface area contributed by atoms with Crippen molar-refractivity contribution >= 4 is 45.9 Å². The first-order valence-corrected chi connectivity index (χ1v) is 8.75. The molecule has 7 heteroatoms. The predicted molar refractivity (Wildman–Crippen MR) is 114 cm³/mol. The van der Waals surface area contributed by atoms with Gasteiger partial charge in [0.25, 0.3) is 0 Å². The van der Waals surface area contributed by atoms with Crippen LogP contribution in [-0.2, 0) is 13.6 Å². The molecule has 0 aromatic carbocycles. The number of halogens is 2. The van der Waals surface area contributed by atoms with E-state index in [2.05, 4.69) is 80.8 Å². The number of guanidine groups is 1.